The molecule has 0 bridgehead atoms. The third kappa shape index (κ3) is 1.44. The number of primary amides is 1. The lowest BCUT2D eigenvalue weighted by Gasteiger charge is -2.24. The van der Waals surface area contributed by atoms with Crippen molar-refractivity contribution in [3.8, 4) is 0 Å². The fourth-order valence-electron chi connectivity index (χ4n) is 1.28. The van der Waals surface area contributed by atoms with Crippen molar-refractivity contribution in [2.45, 2.75) is 12.5 Å². The maximum atomic E-state index is 10.9. The molecule has 1 aliphatic rings. The van der Waals surface area contributed by atoms with Crippen molar-refractivity contribution in [1.29, 1.82) is 0 Å². The van der Waals surface area contributed by atoms with E-state index in [-0.39, 0.29) is 0 Å². The summed E-state index contributed by atoms with van der Waals surface area (Å²) in [5.41, 5.74) is 3.65. The van der Waals surface area contributed by atoms with E-state index in [1.807, 2.05) is 0 Å². The highest BCUT2D eigenvalue weighted by atomic mass is 16.6. The zero-order chi connectivity index (χ0) is 10.1. The Bertz CT molecular complexity index is 309. The number of carbonyl (C=O) groups excluding carboxylic acids is 1. The van der Waals surface area contributed by atoms with Gasteiger partial charge in [0.05, 0.1) is 0 Å². The molecule has 0 aromatic carbocycles. The molecule has 2 unspecified atom stereocenters. The van der Waals surface area contributed by atoms with Crippen LogP contribution in [0.25, 0.3) is 0 Å². The quantitative estimate of drug-likeness (QED) is 0.490. The topological polar surface area (TPSA) is 86.2 Å². The summed E-state index contributed by atoms with van der Waals surface area (Å²) in [4.78, 5) is 21.1. The van der Waals surface area contributed by atoms with Crippen LogP contribution in [-0.2, 0) is 4.79 Å². The van der Waals surface area contributed by atoms with E-state index < -0.39 is 22.3 Å². The second-order valence-electron chi connectivity index (χ2n) is 3.11. The van der Waals surface area contributed by atoms with Gasteiger partial charge in [0, 0.05) is 11.8 Å². The van der Waals surface area contributed by atoms with Gasteiger partial charge in [0.15, 0.2) is 0 Å². The van der Waals surface area contributed by atoms with Crippen molar-refractivity contribution in [2.24, 2.45) is 11.7 Å². The zero-order valence-electron chi connectivity index (χ0n) is 7.14. The molecule has 1 rings (SSSR count). The molecule has 70 valence electrons. The first-order valence-electron chi connectivity index (χ1n) is 3.78. The summed E-state index contributed by atoms with van der Waals surface area (Å²) in [6.45, 7) is 1.38. The maximum Gasteiger partial charge on any atom is 0.252 e. The van der Waals surface area contributed by atoms with Gasteiger partial charge in [0.25, 0.3) is 5.54 Å². The highest BCUT2D eigenvalue weighted by molar-refractivity contribution is 5.80. The Labute approximate surface area is 75.1 Å². The lowest BCUT2D eigenvalue weighted by Crippen LogP contribution is -2.47. The third-order valence-corrected chi connectivity index (χ3v) is 2.18. The SMILES string of the molecule is CC1([N+](=O)[O-])C=CC=CC1C(N)=O. The number of carbonyl (C=O) groups is 1. The van der Waals surface area contributed by atoms with E-state index in [0.717, 1.165) is 0 Å². The number of hydrogen-bond donors (Lipinski definition) is 1. The smallest absolute Gasteiger partial charge is 0.252 e. The van der Waals surface area contributed by atoms with E-state index in [0.29, 0.717) is 0 Å². The molecule has 1 aliphatic carbocycles. The summed E-state index contributed by atoms with van der Waals surface area (Å²) in [5, 5.41) is 10.7. The predicted octanol–water partition coefficient (Wildman–Crippen LogP) is 0.249. The molecule has 0 fully saturated rings. The summed E-state index contributed by atoms with van der Waals surface area (Å²) in [7, 11) is 0. The molecule has 0 heterocycles. The van der Waals surface area contributed by atoms with Gasteiger partial charge in [-0.25, -0.2) is 0 Å². The van der Waals surface area contributed by atoms with Crippen molar-refractivity contribution in [3.63, 3.8) is 0 Å². The number of amides is 1. The minimum atomic E-state index is -1.40. The molecule has 5 heteroatoms. The molecule has 0 saturated heterocycles. The first kappa shape index (κ1) is 9.44. The Hall–Kier alpha value is -1.65. The standard InChI is InChI=1S/C8H10N2O3/c1-8(10(12)13)5-3-2-4-6(8)7(9)11/h2-6H,1H3,(H2,9,11). The Morgan fingerprint density at radius 1 is 1.62 bits per heavy atom. The highest BCUT2D eigenvalue weighted by Gasteiger charge is 2.46. The molecule has 0 saturated carbocycles. The Balaban J connectivity index is 3.07. The normalized spacial score (nSPS) is 31.6. The van der Waals surface area contributed by atoms with Gasteiger partial charge in [-0.3, -0.25) is 14.9 Å². The molecule has 2 N–H and O–H groups in total. The van der Waals surface area contributed by atoms with Crippen LogP contribution in [0.5, 0.6) is 0 Å². The van der Waals surface area contributed by atoms with Crippen LogP contribution in [0.1, 0.15) is 6.92 Å². The molecule has 0 radical (unpaired) electrons. The van der Waals surface area contributed by atoms with Crippen LogP contribution >= 0.6 is 0 Å². The summed E-state index contributed by atoms with van der Waals surface area (Å²) in [5.74, 6) is -1.55. The van der Waals surface area contributed by atoms with E-state index in [2.05, 4.69) is 0 Å². The lowest BCUT2D eigenvalue weighted by atomic mass is 9.82. The molecular weight excluding hydrogens is 172 g/mol. The van der Waals surface area contributed by atoms with Gasteiger partial charge >= 0.3 is 0 Å². The van der Waals surface area contributed by atoms with Gasteiger partial charge in [-0.1, -0.05) is 18.2 Å². The molecule has 0 aromatic heterocycles. The maximum absolute atomic E-state index is 10.9. The van der Waals surface area contributed by atoms with Crippen LogP contribution in [0.4, 0.5) is 0 Å². The molecular formula is C8H10N2O3. The number of nitro groups is 1. The largest absolute Gasteiger partial charge is 0.369 e. The monoisotopic (exact) mass is 182 g/mol. The van der Waals surface area contributed by atoms with Gasteiger partial charge in [0.1, 0.15) is 5.92 Å². The van der Waals surface area contributed by atoms with Crippen LogP contribution in [0.15, 0.2) is 24.3 Å². The summed E-state index contributed by atoms with van der Waals surface area (Å²) in [6.07, 6.45) is 5.95. The first-order valence-corrected chi connectivity index (χ1v) is 3.78. The number of hydrogen-bond acceptors (Lipinski definition) is 3. The average molecular weight is 182 g/mol. The van der Waals surface area contributed by atoms with Gasteiger partial charge in [0.2, 0.25) is 5.91 Å². The minimum absolute atomic E-state index is 0.498. The van der Waals surface area contributed by atoms with Crippen molar-refractivity contribution in [2.75, 3.05) is 0 Å². The van der Waals surface area contributed by atoms with Crippen molar-refractivity contribution < 1.29 is 9.72 Å². The van der Waals surface area contributed by atoms with Gasteiger partial charge in [-0.05, 0) is 6.08 Å². The second kappa shape index (κ2) is 3.01. The van der Waals surface area contributed by atoms with E-state index in [9.17, 15) is 14.9 Å². The number of nitrogens with two attached hydrogens (primary N) is 1. The number of rotatable bonds is 2. The third-order valence-electron chi connectivity index (χ3n) is 2.18. The van der Waals surface area contributed by atoms with Gasteiger partial charge in [-0.2, -0.15) is 0 Å². The van der Waals surface area contributed by atoms with Crippen LogP contribution in [0.3, 0.4) is 0 Å². The average Bonchev–Trinajstić information content (AvgIpc) is 2.04. The molecule has 1 amide bonds. The fraction of sp³-hybridized carbons (Fsp3) is 0.375. The van der Waals surface area contributed by atoms with Crippen molar-refractivity contribution >= 4 is 5.91 Å². The number of nitrogens with zero attached hydrogens (tertiary/aromatic N) is 1. The van der Waals surface area contributed by atoms with Crippen LogP contribution in [-0.4, -0.2) is 16.4 Å². The highest BCUT2D eigenvalue weighted by Crippen LogP contribution is 2.26. The summed E-state index contributed by atoms with van der Waals surface area (Å²) < 4.78 is 0. The molecule has 2 atom stereocenters. The molecule has 0 aromatic rings. The van der Waals surface area contributed by atoms with E-state index in [1.165, 1.54) is 19.1 Å². The molecule has 0 aliphatic heterocycles. The van der Waals surface area contributed by atoms with E-state index >= 15 is 0 Å². The van der Waals surface area contributed by atoms with Crippen LogP contribution in [0.2, 0.25) is 0 Å². The van der Waals surface area contributed by atoms with E-state index in [1.54, 1.807) is 12.2 Å². The Kier molecular flexibility index (Phi) is 2.18. The Morgan fingerprint density at radius 3 is 2.62 bits per heavy atom. The van der Waals surface area contributed by atoms with Crippen LogP contribution in [0, 0.1) is 16.0 Å². The lowest BCUT2D eigenvalue weighted by molar-refractivity contribution is -0.555. The van der Waals surface area contributed by atoms with Crippen molar-refractivity contribution in [3.05, 3.63) is 34.4 Å². The van der Waals surface area contributed by atoms with E-state index in [4.69, 9.17) is 5.73 Å². The molecule has 0 spiro atoms. The van der Waals surface area contributed by atoms with Crippen molar-refractivity contribution in [1.82, 2.24) is 0 Å². The summed E-state index contributed by atoms with van der Waals surface area (Å²) in [6, 6.07) is 0. The first-order chi connectivity index (χ1) is 5.98. The van der Waals surface area contributed by atoms with Gasteiger partial charge in [-0.15, -0.1) is 0 Å². The number of allylic oxidation sites excluding steroid dienone is 2. The minimum Gasteiger partial charge on any atom is -0.369 e. The predicted molar refractivity (Wildman–Crippen MR) is 46.4 cm³/mol. The van der Waals surface area contributed by atoms with Gasteiger partial charge < -0.3 is 5.73 Å². The van der Waals surface area contributed by atoms with Crippen LogP contribution < -0.4 is 5.73 Å². The summed E-state index contributed by atoms with van der Waals surface area (Å²) >= 11 is 0. The zero-order valence-corrected chi connectivity index (χ0v) is 7.14. The fourth-order valence-corrected chi connectivity index (χ4v) is 1.28. The molecule has 13 heavy (non-hydrogen) atoms. The Morgan fingerprint density at radius 2 is 2.23 bits per heavy atom. The second-order valence-corrected chi connectivity index (χ2v) is 3.11. The molecule has 5 nitrogen and oxygen atoms in total.